The molecule has 0 bridgehead atoms. The minimum atomic E-state index is 0.0144. The van der Waals surface area contributed by atoms with Crippen molar-refractivity contribution in [2.45, 2.75) is 6.54 Å². The van der Waals surface area contributed by atoms with Crippen LogP contribution in [0.2, 0.25) is 0 Å². The lowest BCUT2D eigenvalue weighted by atomic mass is 10.1. The van der Waals surface area contributed by atoms with E-state index in [1.54, 1.807) is 34.3 Å². The second-order valence-electron chi connectivity index (χ2n) is 5.58. The molecule has 4 aromatic rings. The molecule has 2 heterocycles. The molecule has 0 atom stereocenters. The van der Waals surface area contributed by atoms with Crippen LogP contribution in [0.5, 0.6) is 5.88 Å². The summed E-state index contributed by atoms with van der Waals surface area (Å²) >= 11 is 1.30. The van der Waals surface area contributed by atoms with Crippen molar-refractivity contribution in [2.24, 2.45) is 5.11 Å². The van der Waals surface area contributed by atoms with E-state index in [2.05, 4.69) is 21.4 Å². The number of fused-ring (bicyclic) bond motifs is 1. The van der Waals surface area contributed by atoms with E-state index in [1.807, 2.05) is 18.2 Å². The van der Waals surface area contributed by atoms with Gasteiger partial charge in [0.2, 0.25) is 5.88 Å². The molecule has 0 radical (unpaired) electrons. The first-order valence-electron chi connectivity index (χ1n) is 7.70. The van der Waals surface area contributed by atoms with E-state index < -0.39 is 0 Å². The van der Waals surface area contributed by atoms with E-state index in [0.717, 1.165) is 5.56 Å². The molecule has 0 unspecified atom stereocenters. The Kier molecular flexibility index (Phi) is 3.91. The monoisotopic (exact) mass is 360 g/mol. The highest BCUT2D eigenvalue weighted by Crippen LogP contribution is 2.44. The SMILES string of the molecule is N#Cc1ccccc1Cn1c(O)c(-c2nncs2)c2c(N=N)cccc21. The molecule has 0 fully saturated rings. The molecule has 0 saturated heterocycles. The highest BCUT2D eigenvalue weighted by Gasteiger charge is 2.23. The molecule has 0 aliphatic heterocycles. The van der Waals surface area contributed by atoms with Crippen molar-refractivity contribution in [2.75, 3.05) is 0 Å². The summed E-state index contributed by atoms with van der Waals surface area (Å²) in [7, 11) is 0. The van der Waals surface area contributed by atoms with Gasteiger partial charge in [-0.3, -0.25) is 0 Å². The lowest BCUT2D eigenvalue weighted by Gasteiger charge is -2.09. The maximum atomic E-state index is 10.9. The topological polar surface area (TPSA) is 111 Å². The van der Waals surface area contributed by atoms with Crippen molar-refractivity contribution < 1.29 is 5.11 Å². The summed E-state index contributed by atoms with van der Waals surface area (Å²) in [6.45, 7) is 0.312. The summed E-state index contributed by atoms with van der Waals surface area (Å²) in [5.74, 6) is 0.0144. The largest absolute Gasteiger partial charge is 0.494 e. The van der Waals surface area contributed by atoms with Gasteiger partial charge in [0.05, 0.1) is 34.9 Å². The Labute approximate surface area is 152 Å². The molecule has 8 heteroatoms. The van der Waals surface area contributed by atoms with Gasteiger partial charge in [-0.05, 0) is 23.8 Å². The minimum Gasteiger partial charge on any atom is -0.494 e. The zero-order valence-corrected chi connectivity index (χ0v) is 14.2. The third-order valence-corrected chi connectivity index (χ3v) is 4.91. The highest BCUT2D eigenvalue weighted by atomic mass is 32.1. The molecule has 0 aliphatic carbocycles. The number of nitrogens with one attached hydrogen (secondary N) is 1. The van der Waals surface area contributed by atoms with Gasteiger partial charge in [-0.25, -0.2) is 5.53 Å². The van der Waals surface area contributed by atoms with E-state index in [4.69, 9.17) is 5.53 Å². The average molecular weight is 360 g/mol. The van der Waals surface area contributed by atoms with Crippen LogP contribution in [-0.2, 0) is 6.54 Å². The lowest BCUT2D eigenvalue weighted by Crippen LogP contribution is -2.01. The number of nitriles is 1. The van der Waals surface area contributed by atoms with E-state index in [9.17, 15) is 10.4 Å². The van der Waals surface area contributed by atoms with E-state index in [1.165, 1.54) is 11.3 Å². The Balaban J connectivity index is 2.01. The Hall–Kier alpha value is -3.57. The number of hydrogen-bond acceptors (Lipinski definition) is 7. The van der Waals surface area contributed by atoms with Crippen LogP contribution >= 0.6 is 11.3 Å². The molecule has 126 valence electrons. The van der Waals surface area contributed by atoms with Crippen LogP contribution in [0.3, 0.4) is 0 Å². The van der Waals surface area contributed by atoms with Crippen molar-refractivity contribution in [1.82, 2.24) is 14.8 Å². The predicted octanol–water partition coefficient (Wildman–Crippen LogP) is 4.45. The van der Waals surface area contributed by atoms with Crippen molar-refractivity contribution in [1.29, 1.82) is 10.8 Å². The van der Waals surface area contributed by atoms with Gasteiger partial charge in [-0.2, -0.15) is 10.4 Å². The van der Waals surface area contributed by atoms with Crippen molar-refractivity contribution >= 4 is 27.9 Å². The van der Waals surface area contributed by atoms with Crippen molar-refractivity contribution in [3.63, 3.8) is 0 Å². The fraction of sp³-hybridized carbons (Fsp3) is 0.0556. The first-order valence-corrected chi connectivity index (χ1v) is 8.58. The fourth-order valence-electron chi connectivity index (χ4n) is 3.05. The quantitative estimate of drug-likeness (QED) is 0.524. The summed E-state index contributed by atoms with van der Waals surface area (Å²) in [5.41, 5.74) is 12.1. The van der Waals surface area contributed by atoms with Crippen LogP contribution < -0.4 is 0 Å². The molecular formula is C18H12N6OS. The van der Waals surface area contributed by atoms with Gasteiger partial charge in [0.15, 0.2) is 5.01 Å². The Morgan fingerprint density at radius 3 is 2.81 bits per heavy atom. The first-order chi connectivity index (χ1) is 12.7. The molecule has 0 amide bonds. The zero-order valence-electron chi connectivity index (χ0n) is 13.4. The van der Waals surface area contributed by atoms with Gasteiger partial charge in [0.25, 0.3) is 0 Å². The van der Waals surface area contributed by atoms with Crippen LogP contribution in [0.15, 0.2) is 53.1 Å². The van der Waals surface area contributed by atoms with Crippen LogP contribution in [0.25, 0.3) is 21.5 Å². The summed E-state index contributed by atoms with van der Waals surface area (Å²) < 4.78 is 1.71. The van der Waals surface area contributed by atoms with Gasteiger partial charge >= 0.3 is 0 Å². The standard InChI is InChI=1S/C18H12N6OS/c19-8-11-4-1-2-5-12(11)9-24-14-7-3-6-13(22-20)15(14)16(18(24)25)17-23-21-10-26-17/h1-7,10,20,25H,9H2. The van der Waals surface area contributed by atoms with E-state index in [0.29, 0.717) is 39.3 Å². The van der Waals surface area contributed by atoms with Gasteiger partial charge in [-0.1, -0.05) is 35.6 Å². The van der Waals surface area contributed by atoms with Crippen molar-refractivity contribution in [3.05, 3.63) is 59.1 Å². The number of aromatic hydroxyl groups is 1. The average Bonchev–Trinajstić information content (AvgIpc) is 3.29. The second-order valence-corrected chi connectivity index (χ2v) is 6.41. The predicted molar refractivity (Wildman–Crippen MR) is 97.6 cm³/mol. The van der Waals surface area contributed by atoms with Gasteiger partial charge < -0.3 is 9.67 Å². The molecule has 0 saturated carbocycles. The lowest BCUT2D eigenvalue weighted by molar-refractivity contribution is 0.430. The molecule has 2 aromatic heterocycles. The minimum absolute atomic E-state index is 0.0144. The first kappa shape index (κ1) is 15.9. The summed E-state index contributed by atoms with van der Waals surface area (Å²) in [6.07, 6.45) is 0. The Morgan fingerprint density at radius 2 is 2.08 bits per heavy atom. The molecule has 4 rings (SSSR count). The zero-order chi connectivity index (χ0) is 18.1. The molecule has 26 heavy (non-hydrogen) atoms. The molecule has 7 nitrogen and oxygen atoms in total. The van der Waals surface area contributed by atoms with Crippen LogP contribution in [0.1, 0.15) is 11.1 Å². The Bertz CT molecular complexity index is 1160. The smallest absolute Gasteiger partial charge is 0.203 e. The number of rotatable bonds is 4. The van der Waals surface area contributed by atoms with Crippen molar-refractivity contribution in [3.8, 4) is 22.5 Å². The summed E-state index contributed by atoms with van der Waals surface area (Å²) in [5, 5.41) is 33.0. The molecular weight excluding hydrogens is 348 g/mol. The van der Waals surface area contributed by atoms with E-state index in [-0.39, 0.29) is 5.88 Å². The normalized spacial score (nSPS) is 10.7. The molecule has 0 aliphatic rings. The maximum Gasteiger partial charge on any atom is 0.203 e. The number of hydrogen-bond donors (Lipinski definition) is 2. The summed E-state index contributed by atoms with van der Waals surface area (Å²) in [6, 6.07) is 14.8. The van der Waals surface area contributed by atoms with Gasteiger partial charge in [0.1, 0.15) is 5.51 Å². The fourth-order valence-corrected chi connectivity index (χ4v) is 3.65. The summed E-state index contributed by atoms with van der Waals surface area (Å²) in [4.78, 5) is 0. The second kappa shape index (κ2) is 6.38. The molecule has 0 spiro atoms. The number of benzene rings is 2. The molecule has 2 aromatic carbocycles. The van der Waals surface area contributed by atoms with Gasteiger partial charge in [0, 0.05) is 5.39 Å². The van der Waals surface area contributed by atoms with E-state index >= 15 is 0 Å². The number of nitrogens with zero attached hydrogens (tertiary/aromatic N) is 5. The highest BCUT2D eigenvalue weighted by molar-refractivity contribution is 7.12. The maximum absolute atomic E-state index is 10.9. The Morgan fingerprint density at radius 1 is 1.23 bits per heavy atom. The van der Waals surface area contributed by atoms with Crippen LogP contribution in [-0.4, -0.2) is 19.9 Å². The van der Waals surface area contributed by atoms with Crippen LogP contribution in [0, 0.1) is 16.9 Å². The molecule has 2 N–H and O–H groups in total. The third-order valence-electron chi connectivity index (χ3n) is 4.20. The third kappa shape index (κ3) is 2.42. The van der Waals surface area contributed by atoms with Crippen LogP contribution in [0.4, 0.5) is 5.69 Å². The number of aromatic nitrogens is 3. The van der Waals surface area contributed by atoms with Gasteiger partial charge in [-0.15, -0.1) is 10.2 Å².